The average Bonchev–Trinajstić information content (AvgIpc) is 2.97. The maximum absolute atomic E-state index is 11.9. The molecule has 1 aliphatic heterocycles. The lowest BCUT2D eigenvalue weighted by Crippen LogP contribution is -2.33. The van der Waals surface area contributed by atoms with Crippen LogP contribution in [0.4, 0.5) is 0 Å². The summed E-state index contributed by atoms with van der Waals surface area (Å²) in [5.41, 5.74) is 0.926. The highest BCUT2D eigenvalue weighted by Gasteiger charge is 2.42. The van der Waals surface area contributed by atoms with Crippen molar-refractivity contribution in [1.29, 1.82) is 0 Å². The van der Waals surface area contributed by atoms with Crippen LogP contribution in [0, 0.1) is 5.92 Å². The fourth-order valence-corrected chi connectivity index (χ4v) is 2.50. The zero-order valence-corrected chi connectivity index (χ0v) is 11.7. The standard InChI is InChI=1S/C16H20O4/c1-3-7-13(15(17)18-2)12-16(19-10-11-20-16)14-8-5-4-6-9-14/h3-6,8-9,13H,1,7,10-12H2,2H3. The molecule has 4 heteroatoms. The molecular weight excluding hydrogens is 256 g/mol. The van der Waals surface area contributed by atoms with Gasteiger partial charge in [0.05, 0.1) is 26.2 Å². The average molecular weight is 276 g/mol. The second kappa shape index (κ2) is 6.68. The third-order valence-corrected chi connectivity index (χ3v) is 3.47. The van der Waals surface area contributed by atoms with Crippen molar-refractivity contribution < 1.29 is 19.0 Å². The predicted molar refractivity (Wildman–Crippen MR) is 75.0 cm³/mol. The summed E-state index contributed by atoms with van der Waals surface area (Å²) in [6, 6.07) is 9.71. The van der Waals surface area contributed by atoms with Crippen molar-refractivity contribution in [2.75, 3.05) is 20.3 Å². The third-order valence-electron chi connectivity index (χ3n) is 3.47. The van der Waals surface area contributed by atoms with E-state index < -0.39 is 5.79 Å². The Balaban J connectivity index is 2.24. The number of carbonyl (C=O) groups is 1. The van der Waals surface area contributed by atoms with Crippen molar-refractivity contribution in [2.45, 2.75) is 18.6 Å². The van der Waals surface area contributed by atoms with Gasteiger partial charge in [0.2, 0.25) is 0 Å². The summed E-state index contributed by atoms with van der Waals surface area (Å²) < 4.78 is 16.5. The van der Waals surface area contributed by atoms with E-state index in [9.17, 15) is 4.79 Å². The van der Waals surface area contributed by atoms with Gasteiger partial charge in [-0.15, -0.1) is 6.58 Å². The predicted octanol–water partition coefficient (Wildman–Crippen LogP) is 2.64. The Morgan fingerprint density at radius 2 is 2.05 bits per heavy atom. The first-order valence-corrected chi connectivity index (χ1v) is 6.74. The summed E-state index contributed by atoms with van der Waals surface area (Å²) in [5, 5.41) is 0. The molecule has 20 heavy (non-hydrogen) atoms. The molecule has 0 N–H and O–H groups in total. The van der Waals surface area contributed by atoms with Crippen molar-refractivity contribution in [3.63, 3.8) is 0 Å². The van der Waals surface area contributed by atoms with Crippen molar-refractivity contribution in [2.24, 2.45) is 5.92 Å². The summed E-state index contributed by atoms with van der Waals surface area (Å²) in [5.74, 6) is -1.45. The molecule has 1 aromatic rings. The quantitative estimate of drug-likeness (QED) is 0.592. The number of hydrogen-bond donors (Lipinski definition) is 0. The zero-order chi connectivity index (χ0) is 14.4. The number of hydrogen-bond acceptors (Lipinski definition) is 4. The van der Waals surface area contributed by atoms with Gasteiger partial charge in [0, 0.05) is 12.0 Å². The SMILES string of the molecule is C=CCC(CC1(c2ccccc2)OCCO1)C(=O)OC. The van der Waals surface area contributed by atoms with Gasteiger partial charge in [0.15, 0.2) is 5.79 Å². The van der Waals surface area contributed by atoms with Crippen LogP contribution in [0.1, 0.15) is 18.4 Å². The maximum Gasteiger partial charge on any atom is 0.309 e. The molecule has 0 spiro atoms. The van der Waals surface area contributed by atoms with Crippen molar-refractivity contribution in [3.8, 4) is 0 Å². The van der Waals surface area contributed by atoms with E-state index in [1.165, 1.54) is 7.11 Å². The fraction of sp³-hybridized carbons (Fsp3) is 0.438. The van der Waals surface area contributed by atoms with Crippen LogP contribution in [0.25, 0.3) is 0 Å². The lowest BCUT2D eigenvalue weighted by Gasteiger charge is -2.30. The molecule has 1 atom stereocenters. The number of ether oxygens (including phenoxy) is 3. The molecule has 0 aromatic heterocycles. The summed E-state index contributed by atoms with van der Waals surface area (Å²) in [6.45, 7) is 4.75. The van der Waals surface area contributed by atoms with Gasteiger partial charge >= 0.3 is 5.97 Å². The first-order chi connectivity index (χ1) is 9.72. The minimum absolute atomic E-state index is 0.265. The minimum atomic E-state index is -0.858. The second-order valence-corrected chi connectivity index (χ2v) is 4.76. The topological polar surface area (TPSA) is 44.8 Å². The van der Waals surface area contributed by atoms with Gasteiger partial charge < -0.3 is 14.2 Å². The molecule has 0 saturated carbocycles. The number of allylic oxidation sites excluding steroid dienone is 1. The summed E-state index contributed by atoms with van der Waals surface area (Å²) >= 11 is 0. The highest BCUT2D eigenvalue weighted by atomic mass is 16.7. The Morgan fingerprint density at radius 3 is 2.60 bits per heavy atom. The van der Waals surface area contributed by atoms with Crippen LogP contribution in [0.5, 0.6) is 0 Å². The first kappa shape index (κ1) is 14.8. The Kier molecular flexibility index (Phi) is 4.93. The van der Waals surface area contributed by atoms with Crippen LogP contribution in [0.2, 0.25) is 0 Å². The van der Waals surface area contributed by atoms with E-state index in [4.69, 9.17) is 14.2 Å². The molecule has 4 nitrogen and oxygen atoms in total. The van der Waals surface area contributed by atoms with E-state index in [0.29, 0.717) is 26.1 Å². The van der Waals surface area contributed by atoms with Gasteiger partial charge in [-0.3, -0.25) is 4.79 Å². The number of methoxy groups -OCH3 is 1. The van der Waals surface area contributed by atoms with E-state index in [1.54, 1.807) is 6.08 Å². The number of carbonyl (C=O) groups excluding carboxylic acids is 1. The summed E-state index contributed by atoms with van der Waals surface area (Å²) in [7, 11) is 1.39. The number of esters is 1. The highest BCUT2D eigenvalue weighted by Crippen LogP contribution is 2.38. The Bertz CT molecular complexity index is 449. The van der Waals surface area contributed by atoms with Crippen LogP contribution >= 0.6 is 0 Å². The lowest BCUT2D eigenvalue weighted by atomic mass is 9.91. The maximum atomic E-state index is 11.9. The zero-order valence-electron chi connectivity index (χ0n) is 11.7. The Labute approximate surface area is 119 Å². The molecule has 0 radical (unpaired) electrons. The van der Waals surface area contributed by atoms with E-state index in [2.05, 4.69) is 6.58 Å². The highest BCUT2D eigenvalue weighted by molar-refractivity contribution is 5.72. The molecule has 2 rings (SSSR count). The lowest BCUT2D eigenvalue weighted by molar-refractivity contribution is -0.186. The van der Waals surface area contributed by atoms with Crippen LogP contribution in [0.15, 0.2) is 43.0 Å². The molecule has 1 saturated heterocycles. The number of benzene rings is 1. The smallest absolute Gasteiger partial charge is 0.309 e. The fourth-order valence-electron chi connectivity index (χ4n) is 2.50. The number of rotatable bonds is 6. The van der Waals surface area contributed by atoms with Crippen molar-refractivity contribution >= 4 is 5.97 Å². The molecule has 1 aromatic carbocycles. The van der Waals surface area contributed by atoms with E-state index in [0.717, 1.165) is 5.56 Å². The molecule has 1 heterocycles. The van der Waals surface area contributed by atoms with Crippen LogP contribution < -0.4 is 0 Å². The van der Waals surface area contributed by atoms with Gasteiger partial charge in [-0.1, -0.05) is 36.4 Å². The minimum Gasteiger partial charge on any atom is -0.469 e. The normalized spacial score (nSPS) is 18.4. The molecule has 108 valence electrons. The summed E-state index contributed by atoms with van der Waals surface area (Å²) in [4.78, 5) is 11.9. The Hall–Kier alpha value is -1.65. The van der Waals surface area contributed by atoms with Crippen LogP contribution in [-0.2, 0) is 24.8 Å². The largest absolute Gasteiger partial charge is 0.469 e. The third kappa shape index (κ3) is 3.08. The van der Waals surface area contributed by atoms with Gasteiger partial charge in [0.25, 0.3) is 0 Å². The second-order valence-electron chi connectivity index (χ2n) is 4.76. The van der Waals surface area contributed by atoms with Crippen LogP contribution in [0.3, 0.4) is 0 Å². The first-order valence-electron chi connectivity index (χ1n) is 6.74. The molecular formula is C16H20O4. The molecule has 1 aliphatic rings. The van der Waals surface area contributed by atoms with Crippen LogP contribution in [-0.4, -0.2) is 26.3 Å². The molecule has 0 aliphatic carbocycles. The van der Waals surface area contributed by atoms with Gasteiger partial charge in [-0.2, -0.15) is 0 Å². The van der Waals surface area contributed by atoms with Crippen molar-refractivity contribution in [3.05, 3.63) is 48.6 Å². The van der Waals surface area contributed by atoms with Gasteiger partial charge in [0.1, 0.15) is 0 Å². The van der Waals surface area contributed by atoms with Gasteiger partial charge in [-0.05, 0) is 6.42 Å². The molecule has 1 unspecified atom stereocenters. The van der Waals surface area contributed by atoms with Crippen molar-refractivity contribution in [1.82, 2.24) is 0 Å². The Morgan fingerprint density at radius 1 is 1.40 bits per heavy atom. The van der Waals surface area contributed by atoms with Gasteiger partial charge in [-0.25, -0.2) is 0 Å². The molecule has 1 fully saturated rings. The molecule has 0 amide bonds. The van der Waals surface area contributed by atoms with E-state index >= 15 is 0 Å². The van der Waals surface area contributed by atoms with E-state index in [-0.39, 0.29) is 11.9 Å². The van der Waals surface area contributed by atoms with E-state index in [1.807, 2.05) is 30.3 Å². The molecule has 0 bridgehead atoms. The summed E-state index contributed by atoms with van der Waals surface area (Å²) in [6.07, 6.45) is 2.68. The monoisotopic (exact) mass is 276 g/mol.